The predicted octanol–water partition coefficient (Wildman–Crippen LogP) is 1.02. The molecule has 0 spiro atoms. The van der Waals surface area contributed by atoms with Crippen LogP contribution >= 0.6 is 0 Å². The molecule has 0 aliphatic heterocycles. The Labute approximate surface area is 77.4 Å². The van der Waals surface area contributed by atoms with Crippen LogP contribution in [0.5, 0.6) is 0 Å². The van der Waals surface area contributed by atoms with Crippen molar-refractivity contribution in [3.63, 3.8) is 0 Å². The highest BCUT2D eigenvalue weighted by atomic mass is 16.5. The van der Waals surface area contributed by atoms with Gasteiger partial charge in [0.1, 0.15) is 5.78 Å². The third-order valence-electron chi connectivity index (χ3n) is 3.65. The van der Waals surface area contributed by atoms with E-state index >= 15 is 0 Å². The molecular weight excluding hydrogens is 168 g/mol. The van der Waals surface area contributed by atoms with Crippen LogP contribution in [0.3, 0.4) is 0 Å². The number of esters is 1. The van der Waals surface area contributed by atoms with Crippen molar-refractivity contribution in [3.8, 4) is 0 Å². The molecule has 13 heavy (non-hydrogen) atoms. The van der Waals surface area contributed by atoms with Gasteiger partial charge in [0.15, 0.2) is 0 Å². The fourth-order valence-corrected chi connectivity index (χ4v) is 2.87. The average molecular weight is 182 g/mol. The van der Waals surface area contributed by atoms with Gasteiger partial charge in [0.05, 0.1) is 13.0 Å². The molecule has 0 radical (unpaired) electrons. The first-order chi connectivity index (χ1) is 6.15. The van der Waals surface area contributed by atoms with Crippen LogP contribution in [0.25, 0.3) is 0 Å². The van der Waals surface area contributed by atoms with E-state index in [-0.39, 0.29) is 23.6 Å². The molecule has 3 nitrogen and oxygen atoms in total. The molecule has 2 saturated carbocycles. The highest BCUT2D eigenvalue weighted by Gasteiger charge is 2.53. The molecular formula is C10H14O3. The maximum atomic E-state index is 11.4. The predicted molar refractivity (Wildman–Crippen MR) is 45.9 cm³/mol. The lowest BCUT2D eigenvalue weighted by Crippen LogP contribution is -2.33. The summed E-state index contributed by atoms with van der Waals surface area (Å²) in [7, 11) is 1.39. The normalized spacial score (nSPS) is 42.5. The summed E-state index contributed by atoms with van der Waals surface area (Å²) in [6, 6.07) is 0. The Morgan fingerprint density at radius 3 is 2.77 bits per heavy atom. The maximum absolute atomic E-state index is 11.4. The maximum Gasteiger partial charge on any atom is 0.309 e. The van der Waals surface area contributed by atoms with Gasteiger partial charge >= 0.3 is 5.97 Å². The molecule has 0 N–H and O–H groups in total. The summed E-state index contributed by atoms with van der Waals surface area (Å²) in [5, 5.41) is 0. The van der Waals surface area contributed by atoms with E-state index < -0.39 is 0 Å². The Kier molecular flexibility index (Phi) is 1.90. The molecule has 72 valence electrons. The minimum atomic E-state index is -0.201. The van der Waals surface area contributed by atoms with Gasteiger partial charge in [0, 0.05) is 12.3 Å². The summed E-state index contributed by atoms with van der Waals surface area (Å²) >= 11 is 0. The molecule has 0 amide bonds. The molecule has 2 rings (SSSR count). The van der Waals surface area contributed by atoms with E-state index in [0.717, 1.165) is 6.42 Å². The van der Waals surface area contributed by atoms with Gasteiger partial charge in [-0.05, 0) is 18.3 Å². The van der Waals surface area contributed by atoms with Crippen LogP contribution in [0.1, 0.15) is 19.8 Å². The number of hydrogen-bond donors (Lipinski definition) is 0. The van der Waals surface area contributed by atoms with Crippen molar-refractivity contribution in [2.24, 2.45) is 23.7 Å². The first kappa shape index (κ1) is 8.73. The zero-order valence-electron chi connectivity index (χ0n) is 7.95. The van der Waals surface area contributed by atoms with Crippen molar-refractivity contribution in [2.75, 3.05) is 7.11 Å². The number of ether oxygens (including phenoxy) is 1. The number of carbonyl (C=O) groups excluding carboxylic acids is 2. The van der Waals surface area contributed by atoms with E-state index in [1.54, 1.807) is 0 Å². The smallest absolute Gasteiger partial charge is 0.309 e. The van der Waals surface area contributed by atoms with E-state index in [1.165, 1.54) is 7.11 Å². The van der Waals surface area contributed by atoms with Crippen molar-refractivity contribution in [3.05, 3.63) is 0 Å². The Hall–Kier alpha value is -0.860. The van der Waals surface area contributed by atoms with Crippen molar-refractivity contribution in [1.29, 1.82) is 0 Å². The number of ketones is 1. The zero-order chi connectivity index (χ0) is 9.59. The summed E-state index contributed by atoms with van der Waals surface area (Å²) in [6.07, 6.45) is 1.58. The monoisotopic (exact) mass is 182 g/mol. The molecule has 2 fully saturated rings. The number of hydrogen-bond acceptors (Lipinski definition) is 3. The summed E-state index contributed by atoms with van der Waals surface area (Å²) in [5.41, 5.74) is 0. The summed E-state index contributed by atoms with van der Waals surface area (Å²) in [5.74, 6) is 0.631. The van der Waals surface area contributed by atoms with Crippen molar-refractivity contribution in [2.45, 2.75) is 19.8 Å². The Balaban J connectivity index is 2.20. The van der Waals surface area contributed by atoms with Crippen LogP contribution in [0.15, 0.2) is 0 Å². The van der Waals surface area contributed by atoms with Gasteiger partial charge in [-0.3, -0.25) is 9.59 Å². The molecule has 0 aromatic heterocycles. The van der Waals surface area contributed by atoms with Crippen LogP contribution in [0.2, 0.25) is 0 Å². The van der Waals surface area contributed by atoms with Gasteiger partial charge in [-0.25, -0.2) is 0 Å². The number of Topliss-reactive ketones (excluding diaryl/α,β-unsaturated/α-hetero) is 1. The quantitative estimate of drug-likeness (QED) is 0.569. The number of rotatable bonds is 1. The van der Waals surface area contributed by atoms with Crippen LogP contribution < -0.4 is 0 Å². The minimum absolute atomic E-state index is 0.0348. The van der Waals surface area contributed by atoms with Gasteiger partial charge in [0.25, 0.3) is 0 Å². The largest absolute Gasteiger partial charge is 0.469 e. The van der Waals surface area contributed by atoms with Crippen molar-refractivity contribution in [1.82, 2.24) is 0 Å². The third-order valence-corrected chi connectivity index (χ3v) is 3.65. The van der Waals surface area contributed by atoms with Crippen molar-refractivity contribution < 1.29 is 14.3 Å². The van der Waals surface area contributed by atoms with Crippen LogP contribution in [0, 0.1) is 23.7 Å². The third kappa shape index (κ3) is 1.10. The van der Waals surface area contributed by atoms with E-state index in [9.17, 15) is 9.59 Å². The summed E-state index contributed by atoms with van der Waals surface area (Å²) in [4.78, 5) is 22.8. The molecule has 2 bridgehead atoms. The van der Waals surface area contributed by atoms with E-state index in [0.29, 0.717) is 18.3 Å². The molecule has 0 aromatic carbocycles. The molecule has 0 unspecified atom stereocenters. The molecule has 2 aliphatic rings. The van der Waals surface area contributed by atoms with Gasteiger partial charge < -0.3 is 4.74 Å². The first-order valence-electron chi connectivity index (χ1n) is 4.75. The number of fused-ring (bicyclic) bond motifs is 2. The number of carbonyl (C=O) groups is 2. The molecule has 3 heteroatoms. The molecule has 0 aromatic rings. The van der Waals surface area contributed by atoms with Crippen LogP contribution in [-0.2, 0) is 14.3 Å². The summed E-state index contributed by atoms with van der Waals surface area (Å²) in [6.45, 7) is 2.05. The molecule has 0 heterocycles. The fourth-order valence-electron chi connectivity index (χ4n) is 2.87. The van der Waals surface area contributed by atoms with Crippen LogP contribution in [-0.4, -0.2) is 18.9 Å². The van der Waals surface area contributed by atoms with Gasteiger partial charge in [-0.2, -0.15) is 0 Å². The van der Waals surface area contributed by atoms with Gasteiger partial charge in [-0.15, -0.1) is 0 Å². The lowest BCUT2D eigenvalue weighted by atomic mass is 9.80. The highest BCUT2D eigenvalue weighted by Crippen LogP contribution is 2.50. The Morgan fingerprint density at radius 2 is 2.23 bits per heavy atom. The second-order valence-electron chi connectivity index (χ2n) is 4.18. The first-order valence-corrected chi connectivity index (χ1v) is 4.75. The summed E-state index contributed by atoms with van der Waals surface area (Å²) < 4.78 is 4.71. The zero-order valence-corrected chi connectivity index (χ0v) is 7.95. The van der Waals surface area contributed by atoms with E-state index in [1.807, 2.05) is 0 Å². The van der Waals surface area contributed by atoms with Crippen LogP contribution in [0.4, 0.5) is 0 Å². The van der Waals surface area contributed by atoms with Crippen molar-refractivity contribution >= 4 is 11.8 Å². The van der Waals surface area contributed by atoms with Gasteiger partial charge in [-0.1, -0.05) is 6.92 Å². The second-order valence-corrected chi connectivity index (χ2v) is 4.18. The fraction of sp³-hybridized carbons (Fsp3) is 0.800. The van der Waals surface area contributed by atoms with E-state index in [4.69, 9.17) is 4.74 Å². The number of methoxy groups -OCH3 is 1. The standard InChI is InChI=1S/C10H14O3/c1-5-6-3-7(8(11)4-6)9(5)10(12)13-2/h5-7,9H,3-4H2,1-2H3/t5-,6-,7+,9+/m0/s1. The Bertz CT molecular complexity index is 259. The SMILES string of the molecule is COC(=O)[C@@H]1[C@@H](C)[C@@H]2CC(=O)[C@H]1C2. The molecule has 4 atom stereocenters. The molecule has 2 aliphatic carbocycles. The average Bonchev–Trinajstić information content (AvgIpc) is 2.60. The highest BCUT2D eigenvalue weighted by molar-refractivity contribution is 5.90. The topological polar surface area (TPSA) is 43.4 Å². The lowest BCUT2D eigenvalue weighted by molar-refractivity contribution is -0.151. The van der Waals surface area contributed by atoms with Gasteiger partial charge in [0.2, 0.25) is 0 Å². The minimum Gasteiger partial charge on any atom is -0.469 e. The second kappa shape index (κ2) is 2.82. The Morgan fingerprint density at radius 1 is 1.54 bits per heavy atom. The van der Waals surface area contributed by atoms with E-state index in [2.05, 4.69) is 6.92 Å². The lowest BCUT2D eigenvalue weighted by Gasteiger charge is -2.24. The molecule has 0 saturated heterocycles.